The van der Waals surface area contributed by atoms with E-state index in [1.807, 2.05) is 66.7 Å². The van der Waals surface area contributed by atoms with Crippen LogP contribution >= 0.6 is 0 Å². The topological polar surface area (TPSA) is 49.4 Å². The number of hydrogen-bond donors (Lipinski definition) is 0. The van der Waals surface area contributed by atoms with Crippen LogP contribution in [0.5, 0.6) is 0 Å². The van der Waals surface area contributed by atoms with Gasteiger partial charge in [-0.15, -0.1) is 0 Å². The van der Waals surface area contributed by atoms with E-state index in [0.717, 1.165) is 40.6 Å². The molecule has 1 atom stereocenters. The minimum Gasteiger partial charge on any atom is -0.279 e. The number of rotatable bonds is 2. The van der Waals surface area contributed by atoms with Crippen LogP contribution in [-0.4, -0.2) is 33.9 Å². The van der Waals surface area contributed by atoms with Gasteiger partial charge in [0.2, 0.25) is 0 Å². The van der Waals surface area contributed by atoms with Crippen LogP contribution in [0.1, 0.15) is 48.0 Å². The maximum absolute atomic E-state index is 4.83. The highest BCUT2D eigenvalue weighted by Crippen LogP contribution is 2.34. The Morgan fingerprint density at radius 2 is 1.25 bits per heavy atom. The summed E-state index contributed by atoms with van der Waals surface area (Å²) < 4.78 is 0. The molecule has 2 aromatic carbocycles. The van der Waals surface area contributed by atoms with Gasteiger partial charge in [-0.3, -0.25) is 9.98 Å². The van der Waals surface area contributed by atoms with E-state index in [2.05, 4.69) is 88.0 Å². The lowest BCUT2D eigenvalue weighted by atomic mass is 9.79. The van der Waals surface area contributed by atoms with Crippen LogP contribution in [0.3, 0.4) is 0 Å². The van der Waals surface area contributed by atoms with Crippen molar-refractivity contribution >= 4 is 34.2 Å². The molecular formula is C36H38N4. The van der Waals surface area contributed by atoms with Crippen molar-refractivity contribution in [2.24, 2.45) is 25.9 Å². The van der Waals surface area contributed by atoms with Crippen molar-refractivity contribution in [1.29, 1.82) is 0 Å². The average Bonchev–Trinajstić information content (AvgIpc) is 2.90. The van der Waals surface area contributed by atoms with Crippen molar-refractivity contribution in [1.82, 2.24) is 0 Å². The molecule has 1 unspecified atom stereocenters. The van der Waals surface area contributed by atoms with Gasteiger partial charge in [-0.25, -0.2) is 9.98 Å². The van der Waals surface area contributed by atoms with Gasteiger partial charge in [0.15, 0.2) is 0 Å². The average molecular weight is 527 g/mol. The molecule has 2 aliphatic heterocycles. The van der Waals surface area contributed by atoms with Crippen LogP contribution < -0.4 is 0 Å². The lowest BCUT2D eigenvalue weighted by molar-refractivity contribution is 0.406. The van der Waals surface area contributed by atoms with E-state index < -0.39 is 0 Å². The minimum absolute atomic E-state index is 0.0461. The standard InChI is InChI=1S/C18H20N2.C18H18N2/c2*1-13-12-18(2,3)20-17-10-9-15(11-16(13)17)19-14-7-5-4-6-8-14/h4-11,13H,12H2,1-3H3;4-12H,1-3H3. The Morgan fingerprint density at radius 1 is 0.700 bits per heavy atom. The van der Waals surface area contributed by atoms with E-state index in [1.165, 1.54) is 16.7 Å². The Balaban J connectivity index is 0.000000161. The Hall–Kier alpha value is -4.18. The highest BCUT2D eigenvalue weighted by atomic mass is 14.9. The zero-order valence-electron chi connectivity index (χ0n) is 24.4. The molecule has 2 aliphatic carbocycles. The maximum Gasteiger partial charge on any atom is 0.0744 e. The number of hydrogen-bond acceptors (Lipinski definition) is 4. The second kappa shape index (κ2) is 11.1. The van der Waals surface area contributed by atoms with Crippen LogP contribution in [0.15, 0.2) is 140 Å². The molecule has 2 aromatic rings. The fraction of sp³-hybridized carbons (Fsp3) is 0.278. The second-order valence-corrected chi connectivity index (χ2v) is 12.0. The zero-order chi connectivity index (χ0) is 28.3. The molecule has 202 valence electrons. The van der Waals surface area contributed by atoms with Crippen LogP contribution in [0.25, 0.3) is 0 Å². The predicted molar refractivity (Wildman–Crippen MR) is 172 cm³/mol. The van der Waals surface area contributed by atoms with Gasteiger partial charge >= 0.3 is 0 Å². The molecule has 40 heavy (non-hydrogen) atoms. The van der Waals surface area contributed by atoms with Crippen molar-refractivity contribution < 1.29 is 0 Å². The minimum atomic E-state index is -0.116. The molecule has 0 aromatic heterocycles. The SMILES string of the molecule is CC1=CC(C)(C)N=C2C=CC(=Nc3ccccc3)C=C12.CC1CC(C)(C)N=C2C=CC(=Nc3ccccc3)C=C21. The summed E-state index contributed by atoms with van der Waals surface area (Å²) in [5, 5.41) is 0. The summed E-state index contributed by atoms with van der Waals surface area (Å²) in [6.45, 7) is 13.1. The van der Waals surface area contributed by atoms with Gasteiger partial charge in [0.05, 0.1) is 45.3 Å². The Labute approximate surface area is 238 Å². The number of dihydropyridines is 1. The van der Waals surface area contributed by atoms with E-state index in [-0.39, 0.29) is 11.1 Å². The van der Waals surface area contributed by atoms with E-state index in [0.29, 0.717) is 5.92 Å². The van der Waals surface area contributed by atoms with E-state index in [1.54, 1.807) is 0 Å². The van der Waals surface area contributed by atoms with Crippen molar-refractivity contribution in [3.8, 4) is 0 Å². The van der Waals surface area contributed by atoms with E-state index in [9.17, 15) is 0 Å². The molecule has 4 heteroatoms. The second-order valence-electron chi connectivity index (χ2n) is 12.0. The lowest BCUT2D eigenvalue weighted by Gasteiger charge is -2.33. The van der Waals surface area contributed by atoms with Gasteiger partial charge in [-0.1, -0.05) is 49.4 Å². The fourth-order valence-corrected chi connectivity index (χ4v) is 5.60. The van der Waals surface area contributed by atoms with Crippen molar-refractivity contribution in [3.63, 3.8) is 0 Å². The third kappa shape index (κ3) is 6.69. The van der Waals surface area contributed by atoms with Crippen LogP contribution in [-0.2, 0) is 0 Å². The van der Waals surface area contributed by atoms with Gasteiger partial charge in [0.1, 0.15) is 0 Å². The Morgan fingerprint density at radius 3 is 1.85 bits per heavy atom. The first-order valence-electron chi connectivity index (χ1n) is 14.0. The molecule has 4 aliphatic rings. The van der Waals surface area contributed by atoms with E-state index in [4.69, 9.17) is 9.98 Å². The molecule has 0 saturated carbocycles. The number of fused-ring (bicyclic) bond motifs is 2. The normalized spacial score (nSPS) is 23.9. The Kier molecular flexibility index (Phi) is 7.62. The highest BCUT2D eigenvalue weighted by molar-refractivity contribution is 6.24. The summed E-state index contributed by atoms with van der Waals surface area (Å²) in [5.74, 6) is 0.531. The number of allylic oxidation sites excluding steroid dienone is 9. The van der Waals surface area contributed by atoms with Gasteiger partial charge in [0.25, 0.3) is 0 Å². The summed E-state index contributed by atoms with van der Waals surface area (Å²) in [6, 6.07) is 20.1. The third-order valence-electron chi connectivity index (χ3n) is 7.18. The molecule has 0 bridgehead atoms. The van der Waals surface area contributed by atoms with Crippen LogP contribution in [0.2, 0.25) is 0 Å². The summed E-state index contributed by atoms with van der Waals surface area (Å²) in [6.07, 6.45) is 15.9. The smallest absolute Gasteiger partial charge is 0.0744 e. The Bertz CT molecular complexity index is 1540. The van der Waals surface area contributed by atoms with Crippen LogP contribution in [0, 0.1) is 5.92 Å². The molecule has 0 fully saturated rings. The largest absolute Gasteiger partial charge is 0.279 e. The number of aliphatic imine (C=N–C) groups is 4. The first kappa shape index (κ1) is 27.4. The molecule has 0 spiro atoms. The quantitative estimate of drug-likeness (QED) is 0.351. The number of para-hydroxylation sites is 2. The maximum atomic E-state index is 4.83. The summed E-state index contributed by atoms with van der Waals surface area (Å²) in [5.41, 5.74) is 9.83. The number of benzene rings is 2. The molecule has 4 nitrogen and oxygen atoms in total. The first-order valence-corrected chi connectivity index (χ1v) is 14.0. The first-order chi connectivity index (χ1) is 19.1. The summed E-state index contributed by atoms with van der Waals surface area (Å²) >= 11 is 0. The van der Waals surface area contributed by atoms with Gasteiger partial charge in [0, 0.05) is 5.57 Å². The van der Waals surface area contributed by atoms with Gasteiger partial charge in [-0.2, -0.15) is 0 Å². The van der Waals surface area contributed by atoms with Crippen molar-refractivity contribution in [2.45, 2.75) is 59.0 Å². The molecule has 0 saturated heterocycles. The molecule has 6 rings (SSSR count). The highest BCUT2D eigenvalue weighted by Gasteiger charge is 2.30. The molecule has 0 amide bonds. The molecule has 2 heterocycles. The summed E-state index contributed by atoms with van der Waals surface area (Å²) in [7, 11) is 0. The third-order valence-corrected chi connectivity index (χ3v) is 7.18. The van der Waals surface area contributed by atoms with Crippen molar-refractivity contribution in [3.05, 3.63) is 120 Å². The predicted octanol–water partition coefficient (Wildman–Crippen LogP) is 8.95. The fourth-order valence-electron chi connectivity index (χ4n) is 5.60. The van der Waals surface area contributed by atoms with Gasteiger partial charge in [-0.05, 0) is 119 Å². The zero-order valence-corrected chi connectivity index (χ0v) is 24.4. The molecule has 0 N–H and O–H groups in total. The molecule has 0 radical (unpaired) electrons. The van der Waals surface area contributed by atoms with E-state index >= 15 is 0 Å². The summed E-state index contributed by atoms with van der Waals surface area (Å²) in [4.78, 5) is 18.9. The van der Waals surface area contributed by atoms with Crippen LogP contribution in [0.4, 0.5) is 11.4 Å². The number of nitrogens with zero attached hydrogens (tertiary/aromatic N) is 4. The molecular weight excluding hydrogens is 488 g/mol. The van der Waals surface area contributed by atoms with Crippen molar-refractivity contribution in [2.75, 3.05) is 0 Å². The van der Waals surface area contributed by atoms with Gasteiger partial charge < -0.3 is 0 Å². The lowest BCUT2D eigenvalue weighted by Crippen LogP contribution is -2.31. The monoisotopic (exact) mass is 526 g/mol.